The first kappa shape index (κ1) is 21.5. The Kier molecular flexibility index (Phi) is 6.42. The molecule has 0 radical (unpaired) electrons. The number of carbonyl (C=O) groups is 2. The largest absolute Gasteiger partial charge is 0.497 e. The van der Waals surface area contributed by atoms with Crippen LogP contribution in [0.4, 0.5) is 11.4 Å². The lowest BCUT2D eigenvalue weighted by atomic mass is 10.1. The number of thiocarbonyl (C=S) groups is 1. The summed E-state index contributed by atoms with van der Waals surface area (Å²) in [4.78, 5) is 33.5. The third-order valence-corrected chi connectivity index (χ3v) is 5.60. The summed E-state index contributed by atoms with van der Waals surface area (Å²) in [5, 5.41) is 3.22. The van der Waals surface area contributed by atoms with Gasteiger partial charge in [-0.3, -0.25) is 19.5 Å². The van der Waals surface area contributed by atoms with Gasteiger partial charge in [0.25, 0.3) is 5.91 Å². The van der Waals surface area contributed by atoms with Crippen LogP contribution in [0.25, 0.3) is 0 Å². The predicted molar refractivity (Wildman–Crippen MR) is 126 cm³/mol. The van der Waals surface area contributed by atoms with Gasteiger partial charge in [-0.2, -0.15) is 0 Å². The average molecular weight is 447 g/mol. The molecular formula is C24H22N4O3S. The van der Waals surface area contributed by atoms with Crippen LogP contribution in [0.2, 0.25) is 0 Å². The summed E-state index contributed by atoms with van der Waals surface area (Å²) in [6.45, 7) is 0.400. The molecule has 2 amide bonds. The van der Waals surface area contributed by atoms with E-state index in [1.54, 1.807) is 48.7 Å². The van der Waals surface area contributed by atoms with Crippen LogP contribution in [-0.2, 0) is 16.1 Å². The zero-order valence-electron chi connectivity index (χ0n) is 17.5. The Bertz CT molecular complexity index is 1110. The number of rotatable bonds is 7. The van der Waals surface area contributed by atoms with Crippen molar-refractivity contribution in [3.05, 3.63) is 84.7 Å². The summed E-state index contributed by atoms with van der Waals surface area (Å²) in [6.07, 6.45) is 3.35. The molecule has 1 aromatic heterocycles. The fourth-order valence-electron chi connectivity index (χ4n) is 3.58. The van der Waals surface area contributed by atoms with E-state index < -0.39 is 6.04 Å². The van der Waals surface area contributed by atoms with E-state index in [4.69, 9.17) is 17.0 Å². The molecule has 2 aromatic carbocycles. The molecule has 1 N–H and O–H groups in total. The van der Waals surface area contributed by atoms with Gasteiger partial charge in [-0.15, -0.1) is 0 Å². The van der Waals surface area contributed by atoms with E-state index in [9.17, 15) is 9.59 Å². The lowest BCUT2D eigenvalue weighted by Gasteiger charge is -2.24. The first-order chi connectivity index (χ1) is 15.6. The zero-order chi connectivity index (χ0) is 22.5. The fraction of sp³-hybridized carbons (Fsp3) is 0.167. The summed E-state index contributed by atoms with van der Waals surface area (Å²) in [5.41, 5.74) is 2.26. The molecule has 2 heterocycles. The Hall–Kier alpha value is -3.78. The molecule has 0 aliphatic carbocycles. The number of hydrogen-bond donors (Lipinski definition) is 1. The maximum Gasteiger partial charge on any atom is 0.256 e. The number of carbonyl (C=O) groups excluding carboxylic acids is 2. The molecule has 1 atom stereocenters. The summed E-state index contributed by atoms with van der Waals surface area (Å²) in [7, 11) is 1.58. The van der Waals surface area contributed by atoms with Crippen LogP contribution < -0.4 is 15.0 Å². The number of ether oxygens (including phenoxy) is 1. The molecular weight excluding hydrogens is 424 g/mol. The third kappa shape index (κ3) is 4.60. The maximum atomic E-state index is 13.4. The first-order valence-corrected chi connectivity index (χ1v) is 10.5. The van der Waals surface area contributed by atoms with Crippen LogP contribution >= 0.6 is 12.2 Å². The second kappa shape index (κ2) is 9.57. The minimum Gasteiger partial charge on any atom is -0.497 e. The molecule has 8 heteroatoms. The van der Waals surface area contributed by atoms with Crippen LogP contribution in [0.15, 0.2) is 79.1 Å². The van der Waals surface area contributed by atoms with Gasteiger partial charge in [-0.05, 0) is 66.3 Å². The lowest BCUT2D eigenvalue weighted by Crippen LogP contribution is -2.37. The van der Waals surface area contributed by atoms with E-state index in [1.165, 1.54) is 4.90 Å². The van der Waals surface area contributed by atoms with Crippen molar-refractivity contribution in [2.24, 2.45) is 0 Å². The highest BCUT2D eigenvalue weighted by Gasteiger charge is 2.44. The van der Waals surface area contributed by atoms with Gasteiger partial charge in [0.2, 0.25) is 5.91 Å². The van der Waals surface area contributed by atoms with Crippen molar-refractivity contribution in [2.45, 2.75) is 19.0 Å². The Balaban J connectivity index is 1.56. The van der Waals surface area contributed by atoms with E-state index in [2.05, 4.69) is 10.3 Å². The standard InChI is InChI=1S/C24H22N4O3S/c1-31-20-9-7-18(8-10-20)26-22(29)15-21-23(30)28(19-5-3-2-4-6-19)24(32)27(21)16-17-11-13-25-14-12-17/h2-14,21H,15-16H2,1H3,(H,26,29)/t21-/m0/s1. The Labute approximate surface area is 191 Å². The molecule has 0 spiro atoms. The minimum absolute atomic E-state index is 0.0284. The number of anilines is 2. The summed E-state index contributed by atoms with van der Waals surface area (Å²) in [5.74, 6) is 0.201. The Morgan fingerprint density at radius 3 is 2.41 bits per heavy atom. The Morgan fingerprint density at radius 1 is 1.06 bits per heavy atom. The number of hydrogen-bond acceptors (Lipinski definition) is 5. The molecule has 0 bridgehead atoms. The van der Waals surface area contributed by atoms with Crippen molar-refractivity contribution >= 4 is 40.5 Å². The molecule has 0 unspecified atom stereocenters. The van der Waals surface area contributed by atoms with Gasteiger partial charge in [0.15, 0.2) is 5.11 Å². The smallest absolute Gasteiger partial charge is 0.256 e. The van der Waals surface area contributed by atoms with E-state index >= 15 is 0 Å². The number of benzene rings is 2. The molecule has 162 valence electrons. The van der Waals surface area contributed by atoms with Crippen LogP contribution in [0, 0.1) is 0 Å². The molecule has 1 saturated heterocycles. The molecule has 7 nitrogen and oxygen atoms in total. The van der Waals surface area contributed by atoms with Crippen LogP contribution in [0.1, 0.15) is 12.0 Å². The zero-order valence-corrected chi connectivity index (χ0v) is 18.3. The summed E-state index contributed by atoms with van der Waals surface area (Å²) in [6, 6.07) is 19.3. The molecule has 32 heavy (non-hydrogen) atoms. The quantitative estimate of drug-likeness (QED) is 0.559. The second-order valence-corrected chi connectivity index (χ2v) is 7.64. The van der Waals surface area contributed by atoms with Crippen molar-refractivity contribution in [2.75, 3.05) is 17.3 Å². The number of methoxy groups -OCH3 is 1. The number of nitrogens with one attached hydrogen (secondary N) is 1. The van der Waals surface area contributed by atoms with Gasteiger partial charge in [-0.1, -0.05) is 18.2 Å². The monoisotopic (exact) mass is 446 g/mol. The fourth-order valence-corrected chi connectivity index (χ4v) is 3.96. The molecule has 0 saturated carbocycles. The molecule has 1 fully saturated rings. The number of aromatic nitrogens is 1. The van der Waals surface area contributed by atoms with Crippen molar-refractivity contribution in [3.63, 3.8) is 0 Å². The molecule has 4 rings (SSSR count). The SMILES string of the molecule is COc1ccc(NC(=O)C[C@H]2C(=O)N(c3ccccc3)C(=S)N2Cc2ccncc2)cc1. The molecule has 3 aromatic rings. The van der Waals surface area contributed by atoms with Crippen molar-refractivity contribution in [3.8, 4) is 5.75 Å². The summed E-state index contributed by atoms with van der Waals surface area (Å²) < 4.78 is 5.14. The Morgan fingerprint density at radius 2 is 1.75 bits per heavy atom. The highest BCUT2D eigenvalue weighted by atomic mass is 32.1. The minimum atomic E-state index is -0.714. The number of amides is 2. The van der Waals surface area contributed by atoms with Crippen molar-refractivity contribution in [1.29, 1.82) is 0 Å². The first-order valence-electron chi connectivity index (χ1n) is 10.1. The van der Waals surface area contributed by atoms with E-state index in [1.807, 2.05) is 42.5 Å². The normalized spacial score (nSPS) is 15.7. The highest BCUT2D eigenvalue weighted by molar-refractivity contribution is 7.80. The molecule has 1 aliphatic heterocycles. The number of pyridine rings is 1. The number of nitrogens with zero attached hydrogens (tertiary/aromatic N) is 3. The van der Waals surface area contributed by atoms with E-state index in [-0.39, 0.29) is 18.2 Å². The van der Waals surface area contributed by atoms with E-state index in [0.29, 0.717) is 28.8 Å². The van der Waals surface area contributed by atoms with Crippen LogP contribution in [0.5, 0.6) is 5.75 Å². The van der Waals surface area contributed by atoms with Crippen LogP contribution in [-0.4, -0.2) is 40.0 Å². The average Bonchev–Trinajstić information content (AvgIpc) is 3.04. The highest BCUT2D eigenvalue weighted by Crippen LogP contribution is 2.28. The van der Waals surface area contributed by atoms with Crippen molar-refractivity contribution < 1.29 is 14.3 Å². The second-order valence-electron chi connectivity index (χ2n) is 7.27. The maximum absolute atomic E-state index is 13.4. The summed E-state index contributed by atoms with van der Waals surface area (Å²) >= 11 is 5.68. The van der Waals surface area contributed by atoms with Gasteiger partial charge in [0.1, 0.15) is 11.8 Å². The predicted octanol–water partition coefficient (Wildman–Crippen LogP) is 3.62. The van der Waals surface area contributed by atoms with Crippen molar-refractivity contribution in [1.82, 2.24) is 9.88 Å². The van der Waals surface area contributed by atoms with E-state index in [0.717, 1.165) is 5.56 Å². The topological polar surface area (TPSA) is 74.8 Å². The lowest BCUT2D eigenvalue weighted by molar-refractivity contribution is -0.124. The van der Waals surface area contributed by atoms with Crippen LogP contribution in [0.3, 0.4) is 0 Å². The van der Waals surface area contributed by atoms with Gasteiger partial charge in [-0.25, -0.2) is 0 Å². The van der Waals surface area contributed by atoms with Gasteiger partial charge < -0.3 is 15.0 Å². The third-order valence-electron chi connectivity index (χ3n) is 5.19. The van der Waals surface area contributed by atoms with Gasteiger partial charge >= 0.3 is 0 Å². The van der Waals surface area contributed by atoms with Gasteiger partial charge in [0.05, 0.1) is 19.2 Å². The van der Waals surface area contributed by atoms with Gasteiger partial charge in [0, 0.05) is 24.6 Å². The molecule has 1 aliphatic rings. The number of para-hydroxylation sites is 1.